The highest BCUT2D eigenvalue weighted by atomic mass is 16.5. The number of morpholine rings is 1. The van der Waals surface area contributed by atoms with Gasteiger partial charge in [0.15, 0.2) is 0 Å². The number of hydrogen-bond donors (Lipinski definition) is 1. The zero-order chi connectivity index (χ0) is 13.1. The van der Waals surface area contributed by atoms with Gasteiger partial charge in [-0.1, -0.05) is 12.1 Å². The minimum Gasteiger partial charge on any atom is -0.399 e. The normalized spacial score (nSPS) is 29.3. The van der Waals surface area contributed by atoms with Crippen LogP contribution in [0.4, 0.5) is 5.69 Å². The van der Waals surface area contributed by atoms with Gasteiger partial charge < -0.3 is 10.5 Å². The molecule has 2 aliphatic rings. The van der Waals surface area contributed by atoms with Crippen LogP contribution in [-0.4, -0.2) is 37.2 Å². The molecule has 0 unspecified atom stereocenters. The largest absolute Gasteiger partial charge is 0.399 e. The van der Waals surface area contributed by atoms with E-state index >= 15 is 0 Å². The van der Waals surface area contributed by atoms with E-state index in [9.17, 15) is 0 Å². The average molecular weight is 260 g/mol. The summed E-state index contributed by atoms with van der Waals surface area (Å²) in [6, 6.07) is 9.26. The molecule has 3 rings (SSSR count). The lowest BCUT2D eigenvalue weighted by Gasteiger charge is -2.38. The van der Waals surface area contributed by atoms with Crippen molar-refractivity contribution < 1.29 is 4.74 Å². The Kier molecular flexibility index (Phi) is 4.04. The maximum absolute atomic E-state index is 5.76. The Hall–Kier alpha value is -1.06. The second kappa shape index (κ2) is 5.93. The smallest absolute Gasteiger partial charge is 0.0594 e. The van der Waals surface area contributed by atoms with E-state index in [4.69, 9.17) is 10.5 Å². The van der Waals surface area contributed by atoms with Crippen molar-refractivity contribution in [3.63, 3.8) is 0 Å². The molecule has 1 heterocycles. The topological polar surface area (TPSA) is 38.5 Å². The summed E-state index contributed by atoms with van der Waals surface area (Å²) in [7, 11) is 0. The van der Waals surface area contributed by atoms with Gasteiger partial charge in [0.2, 0.25) is 0 Å². The van der Waals surface area contributed by atoms with Crippen LogP contribution in [0.25, 0.3) is 0 Å². The highest BCUT2D eigenvalue weighted by Crippen LogP contribution is 2.35. The SMILES string of the molecule is Nc1ccc([C@H]2CC[C@H](N3CCOCC3)CC2)cc1. The Bertz CT molecular complexity index is 390. The van der Waals surface area contributed by atoms with Crippen molar-refractivity contribution in [2.24, 2.45) is 0 Å². The maximum Gasteiger partial charge on any atom is 0.0594 e. The van der Waals surface area contributed by atoms with Gasteiger partial charge in [-0.2, -0.15) is 0 Å². The van der Waals surface area contributed by atoms with Gasteiger partial charge in [-0.05, 0) is 49.3 Å². The maximum atomic E-state index is 5.76. The van der Waals surface area contributed by atoms with E-state index in [1.54, 1.807) is 0 Å². The van der Waals surface area contributed by atoms with Crippen molar-refractivity contribution in [2.75, 3.05) is 32.0 Å². The van der Waals surface area contributed by atoms with Gasteiger partial charge in [0, 0.05) is 24.8 Å². The summed E-state index contributed by atoms with van der Waals surface area (Å²) in [5.41, 5.74) is 8.09. The fourth-order valence-corrected chi connectivity index (χ4v) is 3.49. The highest BCUT2D eigenvalue weighted by molar-refractivity contribution is 5.40. The van der Waals surface area contributed by atoms with E-state index in [0.717, 1.165) is 44.0 Å². The van der Waals surface area contributed by atoms with Crippen LogP contribution in [0, 0.1) is 0 Å². The number of nitrogens with two attached hydrogens (primary N) is 1. The molecular formula is C16H24N2O. The first-order valence-electron chi connectivity index (χ1n) is 7.50. The summed E-state index contributed by atoms with van der Waals surface area (Å²) < 4.78 is 5.44. The van der Waals surface area contributed by atoms with Crippen LogP contribution in [0.5, 0.6) is 0 Å². The molecule has 0 bridgehead atoms. The van der Waals surface area contributed by atoms with Gasteiger partial charge in [-0.25, -0.2) is 0 Å². The Morgan fingerprint density at radius 3 is 2.21 bits per heavy atom. The fraction of sp³-hybridized carbons (Fsp3) is 0.625. The van der Waals surface area contributed by atoms with E-state index in [0.29, 0.717) is 0 Å². The number of ether oxygens (including phenoxy) is 1. The second-order valence-electron chi connectivity index (χ2n) is 5.82. The molecule has 1 aliphatic heterocycles. The third kappa shape index (κ3) is 3.10. The summed E-state index contributed by atoms with van der Waals surface area (Å²) in [6.07, 6.45) is 5.28. The summed E-state index contributed by atoms with van der Waals surface area (Å²) in [5.74, 6) is 0.734. The van der Waals surface area contributed by atoms with Crippen LogP contribution < -0.4 is 5.73 Å². The van der Waals surface area contributed by atoms with Crippen molar-refractivity contribution in [3.8, 4) is 0 Å². The number of hydrogen-bond acceptors (Lipinski definition) is 3. The van der Waals surface area contributed by atoms with Crippen LogP contribution in [0.2, 0.25) is 0 Å². The van der Waals surface area contributed by atoms with E-state index in [2.05, 4.69) is 17.0 Å². The van der Waals surface area contributed by atoms with Gasteiger partial charge in [-0.15, -0.1) is 0 Å². The van der Waals surface area contributed by atoms with Crippen LogP contribution in [0.1, 0.15) is 37.2 Å². The molecule has 0 aromatic heterocycles. The van der Waals surface area contributed by atoms with Crippen LogP contribution >= 0.6 is 0 Å². The molecular weight excluding hydrogens is 236 g/mol. The molecule has 19 heavy (non-hydrogen) atoms. The van der Waals surface area contributed by atoms with Crippen LogP contribution in [0.3, 0.4) is 0 Å². The molecule has 1 aromatic rings. The van der Waals surface area contributed by atoms with Gasteiger partial charge >= 0.3 is 0 Å². The summed E-state index contributed by atoms with van der Waals surface area (Å²) in [6.45, 7) is 4.07. The van der Waals surface area contributed by atoms with Crippen LogP contribution in [0.15, 0.2) is 24.3 Å². The Morgan fingerprint density at radius 2 is 1.58 bits per heavy atom. The zero-order valence-corrected chi connectivity index (χ0v) is 11.6. The van der Waals surface area contributed by atoms with Crippen molar-refractivity contribution in [3.05, 3.63) is 29.8 Å². The van der Waals surface area contributed by atoms with Crippen molar-refractivity contribution in [1.82, 2.24) is 4.90 Å². The first-order chi connectivity index (χ1) is 9.33. The van der Waals surface area contributed by atoms with Gasteiger partial charge in [0.25, 0.3) is 0 Å². The van der Waals surface area contributed by atoms with E-state index in [-0.39, 0.29) is 0 Å². The minimum atomic E-state index is 0.734. The molecule has 2 N–H and O–H groups in total. The number of nitrogen functional groups attached to an aromatic ring is 1. The quantitative estimate of drug-likeness (QED) is 0.831. The molecule has 104 valence electrons. The molecule has 0 atom stereocenters. The highest BCUT2D eigenvalue weighted by Gasteiger charge is 2.27. The van der Waals surface area contributed by atoms with Crippen molar-refractivity contribution >= 4 is 5.69 Å². The van der Waals surface area contributed by atoms with Crippen molar-refractivity contribution in [2.45, 2.75) is 37.6 Å². The molecule has 3 nitrogen and oxygen atoms in total. The molecule has 0 radical (unpaired) electrons. The number of anilines is 1. The van der Waals surface area contributed by atoms with Crippen molar-refractivity contribution in [1.29, 1.82) is 0 Å². The number of nitrogens with zero attached hydrogens (tertiary/aromatic N) is 1. The molecule has 1 aromatic carbocycles. The van der Waals surface area contributed by atoms with Gasteiger partial charge in [-0.3, -0.25) is 4.90 Å². The molecule has 1 saturated carbocycles. The first kappa shape index (κ1) is 12.9. The zero-order valence-electron chi connectivity index (χ0n) is 11.6. The lowest BCUT2D eigenvalue weighted by Crippen LogP contribution is -2.44. The molecule has 0 amide bonds. The van der Waals surface area contributed by atoms with Gasteiger partial charge in [0.1, 0.15) is 0 Å². The third-order valence-corrected chi connectivity index (χ3v) is 4.67. The number of rotatable bonds is 2. The van der Waals surface area contributed by atoms with Crippen LogP contribution in [-0.2, 0) is 4.74 Å². The second-order valence-corrected chi connectivity index (χ2v) is 5.82. The third-order valence-electron chi connectivity index (χ3n) is 4.67. The molecule has 1 aliphatic carbocycles. The van der Waals surface area contributed by atoms with Gasteiger partial charge in [0.05, 0.1) is 13.2 Å². The van der Waals surface area contributed by atoms with E-state index < -0.39 is 0 Å². The monoisotopic (exact) mass is 260 g/mol. The summed E-state index contributed by atoms with van der Waals surface area (Å²) >= 11 is 0. The standard InChI is InChI=1S/C16H24N2O/c17-15-5-1-13(2-6-15)14-3-7-16(8-4-14)18-9-11-19-12-10-18/h1-2,5-6,14,16H,3-4,7-12,17H2/t14-,16-. The summed E-state index contributed by atoms with van der Waals surface area (Å²) in [4.78, 5) is 2.63. The fourth-order valence-electron chi connectivity index (χ4n) is 3.49. The lowest BCUT2D eigenvalue weighted by molar-refractivity contribution is 0.00730. The Labute approximate surface area is 115 Å². The molecule has 1 saturated heterocycles. The predicted octanol–water partition coefficient (Wildman–Crippen LogP) is 2.63. The molecule has 2 fully saturated rings. The Balaban J connectivity index is 1.55. The average Bonchev–Trinajstić information content (AvgIpc) is 2.49. The predicted molar refractivity (Wildman–Crippen MR) is 78.2 cm³/mol. The summed E-state index contributed by atoms with van der Waals surface area (Å²) in [5, 5.41) is 0. The molecule has 0 spiro atoms. The Morgan fingerprint density at radius 1 is 0.947 bits per heavy atom. The number of benzene rings is 1. The first-order valence-corrected chi connectivity index (χ1v) is 7.50. The van der Waals surface area contributed by atoms with E-state index in [1.165, 1.54) is 31.2 Å². The lowest BCUT2D eigenvalue weighted by atomic mass is 9.81. The molecule has 3 heteroatoms. The minimum absolute atomic E-state index is 0.734. The van der Waals surface area contributed by atoms with E-state index in [1.807, 2.05) is 12.1 Å².